The quantitative estimate of drug-likeness (QED) is 0.765. The van der Waals surface area contributed by atoms with E-state index in [1.54, 1.807) is 12.1 Å². The predicted molar refractivity (Wildman–Crippen MR) is 97.8 cm³/mol. The number of amides is 1. The Labute approximate surface area is 154 Å². The Morgan fingerprint density at radius 3 is 2.96 bits per heavy atom. The Morgan fingerprint density at radius 2 is 2.07 bits per heavy atom. The second-order valence-electron chi connectivity index (χ2n) is 7.09. The minimum Gasteiger partial charge on any atom is -0.451 e. The van der Waals surface area contributed by atoms with E-state index in [-0.39, 0.29) is 29.3 Å². The second-order valence-corrected chi connectivity index (χ2v) is 7.09. The van der Waals surface area contributed by atoms with Gasteiger partial charge in [0.1, 0.15) is 11.6 Å². The summed E-state index contributed by atoms with van der Waals surface area (Å²) in [5, 5.41) is 8.36. The molecule has 3 heterocycles. The molecule has 1 amide bonds. The van der Waals surface area contributed by atoms with Crippen LogP contribution in [0.25, 0.3) is 11.0 Å². The molecule has 1 aliphatic carbocycles. The van der Waals surface area contributed by atoms with Crippen molar-refractivity contribution in [3.8, 4) is 0 Å². The van der Waals surface area contributed by atoms with Crippen LogP contribution in [0.3, 0.4) is 0 Å². The lowest BCUT2D eigenvalue weighted by atomic mass is 10.1. The molecule has 7 nitrogen and oxygen atoms in total. The lowest BCUT2D eigenvalue weighted by Crippen LogP contribution is -2.44. The summed E-state index contributed by atoms with van der Waals surface area (Å²) in [7, 11) is 0. The maximum absolute atomic E-state index is 12.7. The van der Waals surface area contributed by atoms with Gasteiger partial charge in [-0.3, -0.25) is 9.59 Å². The molecular weight excluding hydrogens is 346 g/mol. The summed E-state index contributed by atoms with van der Waals surface area (Å²) in [5.74, 6) is -0.0722. The Morgan fingerprint density at radius 1 is 1.19 bits per heavy atom. The zero-order valence-corrected chi connectivity index (χ0v) is 14.7. The van der Waals surface area contributed by atoms with Crippen LogP contribution in [0.2, 0.25) is 0 Å². The number of fused-ring (bicyclic) bond motifs is 2. The first-order valence-electron chi connectivity index (χ1n) is 9.18. The van der Waals surface area contributed by atoms with Crippen LogP contribution >= 0.6 is 0 Å². The van der Waals surface area contributed by atoms with Crippen LogP contribution in [0.1, 0.15) is 34.3 Å². The summed E-state index contributed by atoms with van der Waals surface area (Å²) >= 11 is 0. The fraction of sp³-hybridized carbons (Fsp3) is 0.350. The predicted octanol–water partition coefficient (Wildman–Crippen LogP) is 1.85. The van der Waals surface area contributed by atoms with E-state index < -0.39 is 0 Å². The van der Waals surface area contributed by atoms with Gasteiger partial charge in [0.15, 0.2) is 5.76 Å². The first-order chi connectivity index (χ1) is 13.2. The number of aryl methyl sites for hydroxylation is 2. The van der Waals surface area contributed by atoms with E-state index in [1.807, 2.05) is 24.3 Å². The molecule has 2 unspecified atom stereocenters. The van der Waals surface area contributed by atoms with Gasteiger partial charge in [-0.1, -0.05) is 18.2 Å². The molecule has 7 heteroatoms. The normalized spacial score (nSPS) is 21.5. The zero-order valence-electron chi connectivity index (χ0n) is 14.7. The van der Waals surface area contributed by atoms with E-state index in [4.69, 9.17) is 9.15 Å². The highest BCUT2D eigenvalue weighted by molar-refractivity contribution is 5.96. The van der Waals surface area contributed by atoms with E-state index in [0.29, 0.717) is 18.8 Å². The van der Waals surface area contributed by atoms with E-state index in [1.165, 1.54) is 4.68 Å². The minimum absolute atomic E-state index is 0.144. The van der Waals surface area contributed by atoms with Crippen molar-refractivity contribution in [3.63, 3.8) is 0 Å². The van der Waals surface area contributed by atoms with Crippen molar-refractivity contribution in [2.45, 2.75) is 31.3 Å². The summed E-state index contributed by atoms with van der Waals surface area (Å²) in [6, 6.07) is 10.2. The summed E-state index contributed by atoms with van der Waals surface area (Å²) in [5.41, 5.74) is 2.54. The van der Waals surface area contributed by atoms with Gasteiger partial charge < -0.3 is 14.5 Å². The van der Waals surface area contributed by atoms with Gasteiger partial charge in [-0.15, -0.1) is 0 Å². The molecule has 27 heavy (non-hydrogen) atoms. The molecule has 1 N–H and O–H groups in total. The van der Waals surface area contributed by atoms with Crippen LogP contribution in [0.15, 0.2) is 45.6 Å². The number of hydrogen-bond acceptors (Lipinski definition) is 5. The molecule has 2 aromatic heterocycles. The standard InChI is InChI=1S/C20H19N3O4/c24-19-9-12-5-3-6-14(12)22-23(19)16-11-26-10-15(16)21-20(25)18-8-13-4-1-2-7-17(13)27-18/h1-2,4,7-9,15-16H,3,5-6,10-11H2,(H,21,25). The molecule has 3 aromatic rings. The molecule has 1 saturated heterocycles. The molecule has 2 atom stereocenters. The van der Waals surface area contributed by atoms with Crippen LogP contribution in [0, 0.1) is 0 Å². The fourth-order valence-electron chi connectivity index (χ4n) is 3.91. The molecule has 138 valence electrons. The number of furan rings is 1. The number of nitrogens with zero attached hydrogens (tertiary/aromatic N) is 2. The summed E-state index contributed by atoms with van der Waals surface area (Å²) in [6.45, 7) is 0.679. The molecule has 2 aliphatic rings. The van der Waals surface area contributed by atoms with E-state index in [2.05, 4.69) is 10.4 Å². The molecule has 0 spiro atoms. The van der Waals surface area contributed by atoms with E-state index in [0.717, 1.165) is 35.9 Å². The average Bonchev–Trinajstić information content (AvgIpc) is 3.39. The van der Waals surface area contributed by atoms with Crippen LogP contribution < -0.4 is 10.9 Å². The molecule has 5 rings (SSSR count). The number of hydrogen-bond donors (Lipinski definition) is 1. The zero-order chi connectivity index (χ0) is 18.4. The number of nitrogens with one attached hydrogen (secondary N) is 1. The number of carbonyl (C=O) groups excluding carboxylic acids is 1. The Bertz CT molecular complexity index is 1050. The summed E-state index contributed by atoms with van der Waals surface area (Å²) < 4.78 is 12.7. The highest BCUT2D eigenvalue weighted by Crippen LogP contribution is 2.23. The minimum atomic E-state index is -0.338. The van der Waals surface area contributed by atoms with Gasteiger partial charge in [-0.2, -0.15) is 5.10 Å². The van der Waals surface area contributed by atoms with Crippen molar-refractivity contribution in [3.05, 3.63) is 63.8 Å². The number of aromatic nitrogens is 2. The largest absolute Gasteiger partial charge is 0.451 e. The van der Waals surface area contributed by atoms with Crippen LogP contribution in [-0.4, -0.2) is 34.9 Å². The topological polar surface area (TPSA) is 86.4 Å². The Balaban J connectivity index is 1.40. The van der Waals surface area contributed by atoms with Crippen molar-refractivity contribution in [1.29, 1.82) is 0 Å². The molecule has 1 aliphatic heterocycles. The van der Waals surface area contributed by atoms with E-state index >= 15 is 0 Å². The number of carbonyl (C=O) groups is 1. The smallest absolute Gasteiger partial charge is 0.287 e. The molecule has 0 bridgehead atoms. The van der Waals surface area contributed by atoms with Crippen molar-refractivity contribution in [2.75, 3.05) is 13.2 Å². The van der Waals surface area contributed by atoms with Gasteiger partial charge in [0.05, 0.1) is 24.9 Å². The third kappa shape index (κ3) is 2.84. The molecular formula is C20H19N3O4. The van der Waals surface area contributed by atoms with Crippen molar-refractivity contribution in [2.24, 2.45) is 0 Å². The summed E-state index contributed by atoms with van der Waals surface area (Å²) in [4.78, 5) is 25.1. The monoisotopic (exact) mass is 365 g/mol. The lowest BCUT2D eigenvalue weighted by Gasteiger charge is -2.20. The second kappa shape index (κ2) is 6.35. The number of para-hydroxylation sites is 1. The number of ether oxygens (including phenoxy) is 1. The highest BCUT2D eigenvalue weighted by Gasteiger charge is 2.34. The van der Waals surface area contributed by atoms with Gasteiger partial charge in [0.2, 0.25) is 0 Å². The highest BCUT2D eigenvalue weighted by atomic mass is 16.5. The molecule has 0 radical (unpaired) electrons. The maximum atomic E-state index is 12.7. The maximum Gasteiger partial charge on any atom is 0.287 e. The SMILES string of the molecule is O=C(NC1COCC1n1nc2c(cc1=O)CCC2)c1cc2ccccc2o1. The molecule has 1 aromatic carbocycles. The Kier molecular flexibility index (Phi) is 3.82. The van der Waals surface area contributed by atoms with Gasteiger partial charge in [-0.25, -0.2) is 4.68 Å². The van der Waals surface area contributed by atoms with Gasteiger partial charge in [-0.05, 0) is 37.0 Å². The van der Waals surface area contributed by atoms with Crippen LogP contribution in [0.5, 0.6) is 0 Å². The van der Waals surface area contributed by atoms with Gasteiger partial charge in [0, 0.05) is 11.5 Å². The van der Waals surface area contributed by atoms with Crippen molar-refractivity contribution < 1.29 is 13.9 Å². The number of benzene rings is 1. The first-order valence-corrected chi connectivity index (χ1v) is 9.18. The van der Waals surface area contributed by atoms with Gasteiger partial charge >= 0.3 is 0 Å². The first kappa shape index (κ1) is 16.3. The third-order valence-electron chi connectivity index (χ3n) is 5.31. The Hall–Kier alpha value is -2.93. The third-order valence-corrected chi connectivity index (χ3v) is 5.31. The van der Waals surface area contributed by atoms with Crippen LogP contribution in [0.4, 0.5) is 0 Å². The lowest BCUT2D eigenvalue weighted by molar-refractivity contribution is 0.0898. The van der Waals surface area contributed by atoms with Crippen LogP contribution in [-0.2, 0) is 17.6 Å². The fourth-order valence-corrected chi connectivity index (χ4v) is 3.91. The average molecular weight is 365 g/mol. The van der Waals surface area contributed by atoms with Gasteiger partial charge in [0.25, 0.3) is 11.5 Å². The molecule has 0 saturated carbocycles. The summed E-state index contributed by atoms with van der Waals surface area (Å²) in [6.07, 6.45) is 2.82. The molecule has 1 fully saturated rings. The van der Waals surface area contributed by atoms with E-state index in [9.17, 15) is 9.59 Å². The van der Waals surface area contributed by atoms with Crippen molar-refractivity contribution in [1.82, 2.24) is 15.1 Å². The number of rotatable bonds is 3. The van der Waals surface area contributed by atoms with Crippen molar-refractivity contribution >= 4 is 16.9 Å².